The van der Waals surface area contributed by atoms with Gasteiger partial charge in [0.25, 0.3) is 6.43 Å². The van der Waals surface area contributed by atoms with Gasteiger partial charge in [-0.05, 0) is 18.6 Å². The van der Waals surface area contributed by atoms with Gasteiger partial charge in [-0.3, -0.25) is 0 Å². The van der Waals surface area contributed by atoms with Crippen LogP contribution in [0.15, 0.2) is 6.07 Å². The molecule has 1 rings (SSSR count). The number of pyridine rings is 1. The quantitative estimate of drug-likeness (QED) is 0.771. The third-order valence-corrected chi connectivity index (χ3v) is 1.67. The van der Waals surface area contributed by atoms with Crippen LogP contribution in [0.3, 0.4) is 0 Å². The van der Waals surface area contributed by atoms with Crippen LogP contribution in [-0.4, -0.2) is 12.1 Å². The van der Waals surface area contributed by atoms with Crippen molar-refractivity contribution < 1.29 is 13.5 Å². The molecular weight excluding hydrogens is 178 g/mol. The van der Waals surface area contributed by atoms with Crippen molar-refractivity contribution in [2.24, 2.45) is 0 Å². The van der Waals surface area contributed by atoms with Crippen LogP contribution in [0, 0.1) is 6.92 Å². The third kappa shape index (κ3) is 1.85. The third-order valence-electron chi connectivity index (χ3n) is 1.67. The minimum absolute atomic E-state index is 0.113. The van der Waals surface area contributed by atoms with E-state index in [1.807, 2.05) is 0 Å². The van der Waals surface area contributed by atoms with Gasteiger partial charge >= 0.3 is 0 Å². The summed E-state index contributed by atoms with van der Waals surface area (Å²) in [4.78, 5) is 3.69. The standard InChI is InChI=1S/C8H10F2N2O/c1-4-3-5(6(9)10)8(13-2)12-7(4)11/h3,6H,1-2H3,(H2,11,12). The lowest BCUT2D eigenvalue weighted by molar-refractivity contribution is 0.146. The van der Waals surface area contributed by atoms with Crippen molar-refractivity contribution in [1.82, 2.24) is 4.98 Å². The van der Waals surface area contributed by atoms with Crippen molar-refractivity contribution >= 4 is 5.82 Å². The molecule has 1 aromatic heterocycles. The van der Waals surface area contributed by atoms with Crippen molar-refractivity contribution in [2.75, 3.05) is 12.8 Å². The van der Waals surface area contributed by atoms with Crippen molar-refractivity contribution in [3.63, 3.8) is 0 Å². The minimum Gasteiger partial charge on any atom is -0.481 e. The number of nitrogens with zero attached hydrogens (tertiary/aromatic N) is 1. The highest BCUT2D eigenvalue weighted by molar-refractivity contribution is 5.45. The monoisotopic (exact) mass is 188 g/mol. The molecular formula is C8H10F2N2O. The van der Waals surface area contributed by atoms with E-state index in [1.165, 1.54) is 13.2 Å². The fourth-order valence-corrected chi connectivity index (χ4v) is 0.951. The van der Waals surface area contributed by atoms with Crippen LogP contribution in [0.1, 0.15) is 17.6 Å². The molecule has 5 heteroatoms. The first-order valence-corrected chi connectivity index (χ1v) is 3.65. The molecule has 3 nitrogen and oxygen atoms in total. The highest BCUT2D eigenvalue weighted by atomic mass is 19.3. The Morgan fingerprint density at radius 3 is 2.62 bits per heavy atom. The van der Waals surface area contributed by atoms with Gasteiger partial charge < -0.3 is 10.5 Å². The molecule has 1 heterocycles. The van der Waals surface area contributed by atoms with Crippen LogP contribution < -0.4 is 10.5 Å². The van der Waals surface area contributed by atoms with Crippen LogP contribution >= 0.6 is 0 Å². The van der Waals surface area contributed by atoms with E-state index in [-0.39, 0.29) is 17.3 Å². The summed E-state index contributed by atoms with van der Waals surface area (Å²) < 4.78 is 29.4. The minimum atomic E-state index is -2.60. The Hall–Kier alpha value is -1.39. The molecule has 0 unspecified atom stereocenters. The summed E-state index contributed by atoms with van der Waals surface area (Å²) in [6.07, 6.45) is -2.60. The second kappa shape index (κ2) is 3.55. The fourth-order valence-electron chi connectivity index (χ4n) is 0.951. The predicted octanol–water partition coefficient (Wildman–Crippen LogP) is 1.92. The number of nitrogens with two attached hydrogens (primary N) is 1. The van der Waals surface area contributed by atoms with Crippen molar-refractivity contribution in [1.29, 1.82) is 0 Å². The number of anilines is 1. The SMILES string of the molecule is COc1nc(N)c(C)cc1C(F)F. The molecule has 0 spiro atoms. The Morgan fingerprint density at radius 2 is 2.15 bits per heavy atom. The van der Waals surface area contributed by atoms with Gasteiger partial charge in [-0.1, -0.05) is 0 Å². The van der Waals surface area contributed by atoms with Crippen molar-refractivity contribution in [3.05, 3.63) is 17.2 Å². The molecule has 0 aliphatic rings. The van der Waals surface area contributed by atoms with Gasteiger partial charge in [0.05, 0.1) is 12.7 Å². The zero-order valence-electron chi connectivity index (χ0n) is 7.34. The highest BCUT2D eigenvalue weighted by Crippen LogP contribution is 2.29. The Kier molecular flexibility index (Phi) is 2.65. The molecule has 0 fully saturated rings. The molecule has 0 radical (unpaired) electrons. The van der Waals surface area contributed by atoms with E-state index in [4.69, 9.17) is 5.73 Å². The fraction of sp³-hybridized carbons (Fsp3) is 0.375. The summed E-state index contributed by atoms with van der Waals surface area (Å²) in [5.41, 5.74) is 5.73. The topological polar surface area (TPSA) is 48.1 Å². The first kappa shape index (κ1) is 9.70. The second-order valence-electron chi connectivity index (χ2n) is 2.59. The predicted molar refractivity (Wildman–Crippen MR) is 44.9 cm³/mol. The molecule has 1 aromatic rings. The maximum atomic E-state index is 12.4. The van der Waals surface area contributed by atoms with E-state index >= 15 is 0 Å². The van der Waals surface area contributed by atoms with Crippen molar-refractivity contribution in [2.45, 2.75) is 13.3 Å². The van der Waals surface area contributed by atoms with Gasteiger partial charge in [-0.15, -0.1) is 0 Å². The van der Waals surface area contributed by atoms with Crippen LogP contribution in [-0.2, 0) is 0 Å². The zero-order chi connectivity index (χ0) is 10.0. The second-order valence-corrected chi connectivity index (χ2v) is 2.59. The van der Waals surface area contributed by atoms with Crippen LogP contribution in [0.4, 0.5) is 14.6 Å². The molecule has 0 aromatic carbocycles. The van der Waals surface area contributed by atoms with Gasteiger partial charge in [-0.2, -0.15) is 4.98 Å². The summed E-state index contributed by atoms with van der Waals surface area (Å²) in [6.45, 7) is 1.62. The smallest absolute Gasteiger partial charge is 0.269 e. The molecule has 13 heavy (non-hydrogen) atoms. The normalized spacial score (nSPS) is 10.5. The van der Waals surface area contributed by atoms with Gasteiger partial charge in [0, 0.05) is 0 Å². The number of hydrogen-bond donors (Lipinski definition) is 1. The number of aryl methyl sites for hydroxylation is 1. The van der Waals surface area contributed by atoms with Crippen molar-refractivity contribution in [3.8, 4) is 5.88 Å². The number of aromatic nitrogens is 1. The zero-order valence-corrected chi connectivity index (χ0v) is 7.34. The molecule has 72 valence electrons. The number of ether oxygens (including phenoxy) is 1. The molecule has 0 aliphatic heterocycles. The summed E-state index contributed by atoms with van der Waals surface area (Å²) in [6, 6.07) is 1.28. The van der Waals surface area contributed by atoms with Gasteiger partial charge in [0.2, 0.25) is 5.88 Å². The number of alkyl halides is 2. The first-order valence-electron chi connectivity index (χ1n) is 3.65. The average Bonchev–Trinajstić information content (AvgIpc) is 2.08. The van der Waals surface area contributed by atoms with E-state index in [2.05, 4.69) is 9.72 Å². The maximum absolute atomic E-state index is 12.4. The van der Waals surface area contributed by atoms with E-state index in [9.17, 15) is 8.78 Å². The van der Waals surface area contributed by atoms with Gasteiger partial charge in [-0.25, -0.2) is 8.78 Å². The number of nitrogen functional groups attached to an aromatic ring is 1. The van der Waals surface area contributed by atoms with Crippen LogP contribution in [0.5, 0.6) is 5.88 Å². The Morgan fingerprint density at radius 1 is 1.54 bits per heavy atom. The largest absolute Gasteiger partial charge is 0.481 e. The lowest BCUT2D eigenvalue weighted by Gasteiger charge is -2.08. The van der Waals surface area contributed by atoms with Crippen LogP contribution in [0.2, 0.25) is 0 Å². The lowest BCUT2D eigenvalue weighted by atomic mass is 10.2. The van der Waals surface area contributed by atoms with E-state index in [1.54, 1.807) is 6.92 Å². The summed E-state index contributed by atoms with van der Waals surface area (Å²) in [5.74, 6) is 0.0966. The summed E-state index contributed by atoms with van der Waals surface area (Å²) in [7, 11) is 1.28. The summed E-state index contributed by atoms with van der Waals surface area (Å²) in [5, 5.41) is 0. The van der Waals surface area contributed by atoms with E-state index in [0.29, 0.717) is 5.56 Å². The average molecular weight is 188 g/mol. The Balaban J connectivity index is 3.25. The first-order chi connectivity index (χ1) is 6.06. The molecule has 0 saturated carbocycles. The van der Waals surface area contributed by atoms with E-state index < -0.39 is 6.43 Å². The molecule has 0 atom stereocenters. The number of methoxy groups -OCH3 is 1. The van der Waals surface area contributed by atoms with Gasteiger partial charge in [0.15, 0.2) is 0 Å². The molecule has 0 bridgehead atoms. The Labute approximate surface area is 74.5 Å². The highest BCUT2D eigenvalue weighted by Gasteiger charge is 2.16. The Bertz CT molecular complexity index is 315. The summed E-state index contributed by atoms with van der Waals surface area (Å²) >= 11 is 0. The molecule has 2 N–H and O–H groups in total. The molecule has 0 amide bonds. The molecule has 0 aliphatic carbocycles. The lowest BCUT2D eigenvalue weighted by Crippen LogP contribution is -2.01. The number of hydrogen-bond acceptors (Lipinski definition) is 3. The molecule has 0 saturated heterocycles. The maximum Gasteiger partial charge on any atom is 0.269 e. The number of halogens is 2. The number of rotatable bonds is 2. The van der Waals surface area contributed by atoms with Gasteiger partial charge in [0.1, 0.15) is 5.82 Å². The van der Waals surface area contributed by atoms with E-state index in [0.717, 1.165) is 0 Å². The van der Waals surface area contributed by atoms with Crippen LogP contribution in [0.25, 0.3) is 0 Å².